The van der Waals surface area contributed by atoms with Gasteiger partial charge in [0, 0.05) is 16.2 Å². The zero-order valence-electron chi connectivity index (χ0n) is 13.5. The fourth-order valence-electron chi connectivity index (χ4n) is 3.87. The summed E-state index contributed by atoms with van der Waals surface area (Å²) in [6.45, 7) is 2.19. The highest BCUT2D eigenvalue weighted by Crippen LogP contribution is 2.35. The molecule has 0 aliphatic carbocycles. The van der Waals surface area contributed by atoms with Crippen LogP contribution >= 0.6 is 0 Å². The third-order valence-corrected chi connectivity index (χ3v) is 4.91. The monoisotopic (exact) mass is 307 g/mol. The van der Waals surface area contributed by atoms with Crippen LogP contribution in [-0.4, -0.2) is 4.57 Å². The molecule has 0 fully saturated rings. The quantitative estimate of drug-likeness (QED) is 0.345. The Morgan fingerprint density at radius 2 is 1.17 bits per heavy atom. The molecule has 0 amide bonds. The minimum atomic E-state index is 1.25. The number of fused-ring (bicyclic) bond motifs is 4. The van der Waals surface area contributed by atoms with Gasteiger partial charge < -0.3 is 4.57 Å². The van der Waals surface area contributed by atoms with Gasteiger partial charge in [-0.1, -0.05) is 66.7 Å². The summed E-state index contributed by atoms with van der Waals surface area (Å²) in [7, 11) is 0. The highest BCUT2D eigenvalue weighted by atomic mass is 15.0. The van der Waals surface area contributed by atoms with Gasteiger partial charge in [0.25, 0.3) is 0 Å². The van der Waals surface area contributed by atoms with Gasteiger partial charge in [-0.15, -0.1) is 0 Å². The van der Waals surface area contributed by atoms with E-state index in [0.717, 1.165) is 0 Å². The molecule has 0 N–H and O–H groups in total. The van der Waals surface area contributed by atoms with Gasteiger partial charge in [-0.05, 0) is 36.1 Å². The van der Waals surface area contributed by atoms with Crippen molar-refractivity contribution in [2.24, 2.45) is 0 Å². The van der Waals surface area contributed by atoms with E-state index in [9.17, 15) is 0 Å². The number of benzene rings is 4. The van der Waals surface area contributed by atoms with Gasteiger partial charge in [0.05, 0.1) is 16.7 Å². The third-order valence-electron chi connectivity index (χ3n) is 4.91. The SMILES string of the molecule is Cc1cccc2cccc(-n3c4ccccc4c4ccccc43)c12. The molecular weight excluding hydrogens is 290 g/mol. The standard InChI is InChI=1S/C23H17N/c1-16-8-6-9-17-10-7-15-22(23(16)17)24-20-13-4-2-11-18(20)19-12-3-5-14-21(19)24/h2-15H,1H3. The largest absolute Gasteiger partial charge is 0.309 e. The van der Waals surface area contributed by atoms with E-state index in [2.05, 4.69) is 96.4 Å². The number of aryl methyl sites for hydroxylation is 1. The Balaban J connectivity index is 2.04. The van der Waals surface area contributed by atoms with Crippen LogP contribution in [0.1, 0.15) is 5.56 Å². The van der Waals surface area contributed by atoms with E-state index in [1.165, 1.54) is 43.8 Å². The Labute approximate surface area is 140 Å². The van der Waals surface area contributed by atoms with Gasteiger partial charge in [0.1, 0.15) is 0 Å². The minimum Gasteiger partial charge on any atom is -0.309 e. The van der Waals surface area contributed by atoms with E-state index in [1.54, 1.807) is 0 Å². The first-order valence-corrected chi connectivity index (χ1v) is 8.31. The molecule has 0 bridgehead atoms. The Morgan fingerprint density at radius 1 is 0.583 bits per heavy atom. The van der Waals surface area contributed by atoms with Crippen LogP contribution in [0.3, 0.4) is 0 Å². The van der Waals surface area contributed by atoms with Crippen molar-refractivity contribution in [1.29, 1.82) is 0 Å². The average molecular weight is 307 g/mol. The summed E-state index contributed by atoms with van der Waals surface area (Å²) in [5, 5.41) is 5.22. The Hall–Kier alpha value is -3.06. The number of para-hydroxylation sites is 2. The van der Waals surface area contributed by atoms with Crippen LogP contribution in [0.25, 0.3) is 38.3 Å². The maximum Gasteiger partial charge on any atom is 0.0543 e. The van der Waals surface area contributed by atoms with Crippen LogP contribution < -0.4 is 0 Å². The highest BCUT2D eigenvalue weighted by molar-refractivity contribution is 6.10. The molecule has 1 heterocycles. The zero-order chi connectivity index (χ0) is 16.1. The van der Waals surface area contributed by atoms with Crippen LogP contribution in [0.5, 0.6) is 0 Å². The first kappa shape index (κ1) is 13.4. The summed E-state index contributed by atoms with van der Waals surface area (Å²) < 4.78 is 2.40. The number of nitrogens with zero attached hydrogens (tertiary/aromatic N) is 1. The van der Waals surface area contributed by atoms with Gasteiger partial charge in [-0.2, -0.15) is 0 Å². The number of aromatic nitrogens is 1. The van der Waals surface area contributed by atoms with Crippen LogP contribution in [0.15, 0.2) is 84.9 Å². The lowest BCUT2D eigenvalue weighted by Gasteiger charge is -2.13. The molecule has 0 radical (unpaired) electrons. The second-order valence-electron chi connectivity index (χ2n) is 6.32. The minimum absolute atomic E-state index is 1.25. The normalized spacial score (nSPS) is 11.5. The van der Waals surface area contributed by atoms with Gasteiger partial charge >= 0.3 is 0 Å². The Bertz CT molecular complexity index is 1150. The smallest absolute Gasteiger partial charge is 0.0543 e. The lowest BCUT2D eigenvalue weighted by Crippen LogP contribution is -1.96. The summed E-state index contributed by atoms with van der Waals surface area (Å²) in [5.41, 5.74) is 5.08. The van der Waals surface area contributed by atoms with Crippen molar-refractivity contribution in [2.45, 2.75) is 6.92 Å². The second-order valence-corrected chi connectivity index (χ2v) is 6.32. The zero-order valence-corrected chi connectivity index (χ0v) is 13.5. The predicted molar refractivity (Wildman–Crippen MR) is 103 cm³/mol. The van der Waals surface area contributed by atoms with Crippen LogP contribution in [-0.2, 0) is 0 Å². The number of hydrogen-bond donors (Lipinski definition) is 0. The van der Waals surface area contributed by atoms with Crippen molar-refractivity contribution in [3.05, 3.63) is 90.5 Å². The molecule has 5 aromatic rings. The van der Waals surface area contributed by atoms with Crippen molar-refractivity contribution in [1.82, 2.24) is 4.57 Å². The summed E-state index contributed by atoms with van der Waals surface area (Å²) in [6.07, 6.45) is 0. The molecule has 0 aliphatic heterocycles. The van der Waals surface area contributed by atoms with E-state index >= 15 is 0 Å². The van der Waals surface area contributed by atoms with E-state index in [4.69, 9.17) is 0 Å². The maximum atomic E-state index is 2.40. The summed E-state index contributed by atoms with van der Waals surface area (Å²) in [6, 6.07) is 30.4. The van der Waals surface area contributed by atoms with Gasteiger partial charge in [-0.3, -0.25) is 0 Å². The van der Waals surface area contributed by atoms with Crippen LogP contribution in [0.2, 0.25) is 0 Å². The molecule has 4 aromatic carbocycles. The van der Waals surface area contributed by atoms with E-state index in [-0.39, 0.29) is 0 Å². The molecule has 0 saturated carbocycles. The average Bonchev–Trinajstić information content (AvgIpc) is 2.96. The van der Waals surface area contributed by atoms with E-state index in [1.807, 2.05) is 0 Å². The van der Waals surface area contributed by atoms with Crippen molar-refractivity contribution >= 4 is 32.6 Å². The van der Waals surface area contributed by atoms with Crippen LogP contribution in [0.4, 0.5) is 0 Å². The molecule has 0 aliphatic rings. The fraction of sp³-hybridized carbons (Fsp3) is 0.0435. The molecule has 1 aromatic heterocycles. The third kappa shape index (κ3) is 1.75. The van der Waals surface area contributed by atoms with Gasteiger partial charge in [0.2, 0.25) is 0 Å². The summed E-state index contributed by atoms with van der Waals surface area (Å²) in [5.74, 6) is 0. The maximum absolute atomic E-state index is 2.40. The fourth-order valence-corrected chi connectivity index (χ4v) is 3.87. The van der Waals surface area contributed by atoms with Gasteiger partial charge in [0.15, 0.2) is 0 Å². The summed E-state index contributed by atoms with van der Waals surface area (Å²) >= 11 is 0. The van der Waals surface area contributed by atoms with E-state index in [0.29, 0.717) is 0 Å². The highest BCUT2D eigenvalue weighted by Gasteiger charge is 2.13. The molecule has 24 heavy (non-hydrogen) atoms. The molecule has 5 rings (SSSR count). The Kier molecular flexibility index (Phi) is 2.77. The number of hydrogen-bond acceptors (Lipinski definition) is 0. The van der Waals surface area contributed by atoms with Crippen molar-refractivity contribution in [2.75, 3.05) is 0 Å². The molecule has 1 nitrogen and oxygen atoms in total. The van der Waals surface area contributed by atoms with Crippen molar-refractivity contribution in [3.63, 3.8) is 0 Å². The first-order chi connectivity index (χ1) is 11.8. The lowest BCUT2D eigenvalue weighted by molar-refractivity contribution is 1.19. The van der Waals surface area contributed by atoms with Gasteiger partial charge in [-0.25, -0.2) is 0 Å². The van der Waals surface area contributed by atoms with E-state index < -0.39 is 0 Å². The predicted octanol–water partition coefficient (Wildman–Crippen LogP) is 6.25. The van der Waals surface area contributed by atoms with Crippen molar-refractivity contribution in [3.8, 4) is 5.69 Å². The molecule has 0 unspecified atom stereocenters. The second kappa shape index (κ2) is 4.97. The summed E-state index contributed by atoms with van der Waals surface area (Å²) in [4.78, 5) is 0. The Morgan fingerprint density at radius 3 is 1.83 bits per heavy atom. The molecule has 114 valence electrons. The number of rotatable bonds is 1. The molecule has 0 spiro atoms. The first-order valence-electron chi connectivity index (χ1n) is 8.31. The lowest BCUT2D eigenvalue weighted by atomic mass is 10.0. The van der Waals surface area contributed by atoms with Crippen LogP contribution in [0, 0.1) is 6.92 Å². The molecular formula is C23H17N. The molecule has 0 saturated heterocycles. The molecule has 0 atom stereocenters. The topological polar surface area (TPSA) is 4.93 Å². The van der Waals surface area contributed by atoms with Crippen molar-refractivity contribution < 1.29 is 0 Å². The molecule has 1 heteroatoms.